The summed E-state index contributed by atoms with van der Waals surface area (Å²) in [7, 11) is 2.55. The Morgan fingerprint density at radius 2 is 1.20 bits per heavy atom. The van der Waals surface area contributed by atoms with Crippen molar-refractivity contribution in [3.8, 4) is 22.6 Å². The van der Waals surface area contributed by atoms with E-state index in [0.717, 1.165) is 47.7 Å². The molecule has 2 saturated carbocycles. The van der Waals surface area contributed by atoms with Gasteiger partial charge in [0.05, 0.1) is 40.9 Å². The van der Waals surface area contributed by atoms with E-state index in [0.29, 0.717) is 43.6 Å². The van der Waals surface area contributed by atoms with Crippen LogP contribution in [0.2, 0.25) is 0 Å². The third-order valence-corrected chi connectivity index (χ3v) is 12.5. The number of fused-ring (bicyclic) bond motifs is 2. The van der Waals surface area contributed by atoms with Gasteiger partial charge in [0.1, 0.15) is 23.3 Å². The van der Waals surface area contributed by atoms with E-state index in [4.69, 9.17) is 30.2 Å². The maximum atomic E-state index is 14.9. The van der Waals surface area contributed by atoms with Gasteiger partial charge in [-0.15, -0.1) is 0 Å². The zero-order valence-electron chi connectivity index (χ0n) is 34.9. The minimum Gasteiger partial charge on any atom is -0.491 e. The Bertz CT molecular complexity index is 2720. The molecule has 2 aliphatic carbocycles. The molecule has 3 fully saturated rings. The van der Waals surface area contributed by atoms with Crippen molar-refractivity contribution in [1.29, 1.82) is 0 Å². The predicted octanol–water partition coefficient (Wildman–Crippen LogP) is 7.95. The van der Waals surface area contributed by atoms with Crippen LogP contribution in [0.5, 0.6) is 11.5 Å². The normalized spacial score (nSPS) is 16.6. The number of methoxy groups -OCH3 is 2. The monoisotopic (exact) mass is 884 g/mol. The molecule has 0 spiro atoms. The minimum atomic E-state index is -0.363. The van der Waals surface area contributed by atoms with Crippen molar-refractivity contribution in [2.45, 2.75) is 90.5 Å². The van der Waals surface area contributed by atoms with E-state index < -0.39 is 0 Å². The number of nitrogen functional groups attached to an aromatic ring is 2. The molecule has 0 atom stereocenters. The summed E-state index contributed by atoms with van der Waals surface area (Å²) in [6.07, 6.45) is 7.09. The number of pyridine rings is 4. The molecular formula is C44H48BBrF2N6O6. The summed E-state index contributed by atoms with van der Waals surface area (Å²) >= 11 is 3.24. The maximum absolute atomic E-state index is 14.9. The van der Waals surface area contributed by atoms with Crippen LogP contribution in [0.4, 0.5) is 20.4 Å². The number of ether oxygens (including phenoxy) is 2. The SMILES string of the molecule is CC1(C)OB(c2ccc(N)nc2)OC1(C)C.COc1cc2cc(F)c(-c3ccc(N)nc3)c(C)c2n(C2CC2)c1=O.COc1cc2cc(F)c(Br)c(C)c2n(C2CC2)c1=O. The van der Waals surface area contributed by atoms with E-state index >= 15 is 0 Å². The van der Waals surface area contributed by atoms with Crippen molar-refractivity contribution >= 4 is 62.0 Å². The molecule has 314 valence electrons. The number of anilines is 2. The lowest BCUT2D eigenvalue weighted by molar-refractivity contribution is 0.00578. The molecule has 2 aromatic carbocycles. The van der Waals surface area contributed by atoms with Crippen LogP contribution >= 0.6 is 15.9 Å². The third kappa shape index (κ3) is 8.12. The number of rotatable bonds is 6. The fraction of sp³-hybridized carbons (Fsp3) is 0.364. The fourth-order valence-corrected chi connectivity index (χ4v) is 7.66. The second-order valence-corrected chi connectivity index (χ2v) is 17.1. The topological polar surface area (TPSA) is 159 Å². The zero-order chi connectivity index (χ0) is 43.4. The van der Waals surface area contributed by atoms with Gasteiger partial charge in [-0.1, -0.05) is 6.07 Å². The van der Waals surface area contributed by atoms with E-state index in [1.807, 2.05) is 47.6 Å². The van der Waals surface area contributed by atoms with Crippen LogP contribution in [-0.2, 0) is 9.31 Å². The molecule has 3 aliphatic rings. The zero-order valence-corrected chi connectivity index (χ0v) is 36.4. The van der Waals surface area contributed by atoms with Gasteiger partial charge in [-0.25, -0.2) is 18.7 Å². The van der Waals surface area contributed by atoms with Gasteiger partial charge in [-0.05, 0) is 137 Å². The molecule has 1 aliphatic heterocycles. The molecule has 0 amide bonds. The minimum absolute atomic E-state index is 0.140. The molecule has 16 heteroatoms. The van der Waals surface area contributed by atoms with E-state index in [1.165, 1.54) is 26.4 Å². The second-order valence-electron chi connectivity index (χ2n) is 16.3. The number of benzene rings is 2. The molecule has 1 saturated heterocycles. The molecule has 0 bridgehead atoms. The fourth-order valence-electron chi connectivity index (χ4n) is 7.36. The Kier molecular flexibility index (Phi) is 11.6. The first kappa shape index (κ1) is 42.8. The maximum Gasteiger partial charge on any atom is 0.496 e. The largest absolute Gasteiger partial charge is 0.496 e. The second kappa shape index (κ2) is 16.3. The van der Waals surface area contributed by atoms with Crippen LogP contribution in [0.25, 0.3) is 32.9 Å². The first-order chi connectivity index (χ1) is 28.4. The van der Waals surface area contributed by atoms with Crippen molar-refractivity contribution in [1.82, 2.24) is 19.1 Å². The van der Waals surface area contributed by atoms with E-state index in [9.17, 15) is 18.4 Å². The van der Waals surface area contributed by atoms with Gasteiger partial charge in [-0.3, -0.25) is 9.59 Å². The van der Waals surface area contributed by atoms with Crippen LogP contribution in [-0.4, -0.2) is 51.6 Å². The molecule has 4 aromatic heterocycles. The molecule has 6 aromatic rings. The van der Waals surface area contributed by atoms with Gasteiger partial charge in [0.15, 0.2) is 11.5 Å². The summed E-state index contributed by atoms with van der Waals surface area (Å²) in [5.74, 6) is 0.691. The van der Waals surface area contributed by atoms with Crippen LogP contribution in [0.15, 0.2) is 75.0 Å². The van der Waals surface area contributed by atoms with Gasteiger partial charge in [0, 0.05) is 51.8 Å². The van der Waals surface area contributed by atoms with E-state index in [-0.39, 0.29) is 64.7 Å². The first-order valence-electron chi connectivity index (χ1n) is 19.7. The molecule has 0 radical (unpaired) electrons. The Labute approximate surface area is 355 Å². The molecule has 4 N–H and O–H groups in total. The smallest absolute Gasteiger partial charge is 0.491 e. The summed E-state index contributed by atoms with van der Waals surface area (Å²) in [5.41, 5.74) is 15.2. The highest BCUT2D eigenvalue weighted by Gasteiger charge is 2.51. The van der Waals surface area contributed by atoms with Crippen LogP contribution in [0.3, 0.4) is 0 Å². The number of nitrogens with two attached hydrogens (primary N) is 2. The van der Waals surface area contributed by atoms with Crippen LogP contribution in [0, 0.1) is 25.5 Å². The highest BCUT2D eigenvalue weighted by molar-refractivity contribution is 9.10. The molecule has 60 heavy (non-hydrogen) atoms. The van der Waals surface area contributed by atoms with Crippen molar-refractivity contribution in [3.05, 3.63) is 109 Å². The van der Waals surface area contributed by atoms with Gasteiger partial charge >= 0.3 is 7.12 Å². The lowest BCUT2D eigenvalue weighted by Crippen LogP contribution is -2.41. The Morgan fingerprint density at radius 1 is 0.733 bits per heavy atom. The van der Waals surface area contributed by atoms with Gasteiger partial charge in [0.25, 0.3) is 11.1 Å². The highest BCUT2D eigenvalue weighted by atomic mass is 79.9. The van der Waals surface area contributed by atoms with Crippen molar-refractivity contribution in [2.75, 3.05) is 25.7 Å². The van der Waals surface area contributed by atoms with Gasteiger partial charge in [-0.2, -0.15) is 0 Å². The lowest BCUT2D eigenvalue weighted by atomic mass is 9.80. The summed E-state index contributed by atoms with van der Waals surface area (Å²) in [6, 6.07) is 13.5. The standard InChI is InChI=1S/C19H18FN3O2.C14H13BrFNO2.C11H17BN2O2/c1-10-17(11-3-6-16(21)22-9-11)14(20)7-12-8-15(25-2)19(24)23(18(10)12)13-4-5-13;1-7-12(15)10(16)5-8-6-11(19-2)14(18)17(13(7)8)9-3-4-9;1-10(2)11(3,4)16-12(15-10)8-5-6-9(13)14-7-8/h3,6-9,13H,4-5H2,1-2H3,(H2,21,22);5-6,9H,3-4H2,1-2H3;5-7H,1-4H3,(H2,13,14). The number of aryl methyl sites for hydroxylation is 2. The molecule has 12 nitrogen and oxygen atoms in total. The number of nitrogens with zero attached hydrogens (tertiary/aromatic N) is 4. The number of aromatic nitrogens is 4. The first-order valence-corrected chi connectivity index (χ1v) is 20.5. The molecule has 5 heterocycles. The van der Waals surface area contributed by atoms with Crippen molar-refractivity contribution in [3.63, 3.8) is 0 Å². The highest BCUT2D eigenvalue weighted by Crippen LogP contribution is 2.41. The third-order valence-electron chi connectivity index (χ3n) is 11.6. The number of hydrogen-bond acceptors (Lipinski definition) is 10. The van der Waals surface area contributed by atoms with Crippen molar-refractivity contribution < 1.29 is 27.6 Å². The predicted molar refractivity (Wildman–Crippen MR) is 235 cm³/mol. The van der Waals surface area contributed by atoms with Gasteiger partial charge in [0.2, 0.25) is 0 Å². The Morgan fingerprint density at radius 3 is 1.63 bits per heavy atom. The molecule has 0 unspecified atom stereocenters. The quantitative estimate of drug-likeness (QED) is 0.157. The summed E-state index contributed by atoms with van der Waals surface area (Å²) < 4.78 is 54.7. The summed E-state index contributed by atoms with van der Waals surface area (Å²) in [5, 5.41) is 1.35. The number of hydrogen-bond donors (Lipinski definition) is 2. The van der Waals surface area contributed by atoms with E-state index in [2.05, 4.69) is 25.9 Å². The summed E-state index contributed by atoms with van der Waals surface area (Å²) in [6.45, 7) is 11.8. The van der Waals surface area contributed by atoms with Gasteiger partial charge < -0.3 is 39.4 Å². The van der Waals surface area contributed by atoms with Crippen molar-refractivity contribution in [2.24, 2.45) is 0 Å². The average molecular weight is 886 g/mol. The molecule has 9 rings (SSSR count). The van der Waals surface area contributed by atoms with Crippen LogP contribution < -0.4 is 37.5 Å². The molecular weight excluding hydrogens is 837 g/mol. The van der Waals surface area contributed by atoms with E-state index in [1.54, 1.807) is 51.9 Å². The van der Waals surface area contributed by atoms with Crippen LogP contribution in [0.1, 0.15) is 76.6 Å². The average Bonchev–Trinajstić information content (AvgIpc) is 4.14. The summed E-state index contributed by atoms with van der Waals surface area (Å²) in [4.78, 5) is 33.2. The Balaban J connectivity index is 0.000000140. The lowest BCUT2D eigenvalue weighted by Gasteiger charge is -2.32. The number of halogens is 3. The Hall–Kier alpha value is -5.32.